The third-order valence-corrected chi connectivity index (χ3v) is 5.92. The first-order valence-corrected chi connectivity index (χ1v) is 11.7. The van der Waals surface area contributed by atoms with Crippen LogP contribution in [0.5, 0.6) is 5.75 Å². The van der Waals surface area contributed by atoms with Crippen molar-refractivity contribution in [3.05, 3.63) is 126 Å². The number of halogens is 1. The molecular weight excluding hydrogens is 471 g/mol. The number of hydrogen-bond donors (Lipinski definition) is 1. The van der Waals surface area contributed by atoms with Crippen LogP contribution in [0.4, 0.5) is 10.1 Å². The predicted molar refractivity (Wildman–Crippen MR) is 138 cm³/mol. The van der Waals surface area contributed by atoms with Crippen molar-refractivity contribution in [3.63, 3.8) is 0 Å². The van der Waals surface area contributed by atoms with E-state index in [-0.39, 0.29) is 30.3 Å². The van der Waals surface area contributed by atoms with Crippen molar-refractivity contribution < 1.29 is 18.7 Å². The fourth-order valence-electron chi connectivity index (χ4n) is 4.06. The highest BCUT2D eigenvalue weighted by Crippen LogP contribution is 2.34. The van der Waals surface area contributed by atoms with E-state index >= 15 is 0 Å². The summed E-state index contributed by atoms with van der Waals surface area (Å²) in [4.78, 5) is 29.4. The summed E-state index contributed by atoms with van der Waals surface area (Å²) < 4.78 is 18.6. The maximum Gasteiger partial charge on any atom is 0.274 e. The molecule has 0 saturated carbocycles. The van der Waals surface area contributed by atoms with Gasteiger partial charge in [0.25, 0.3) is 11.8 Å². The topological polar surface area (TPSA) is 83.9 Å². The number of nitrogens with zero attached hydrogens (tertiary/aromatic N) is 3. The zero-order chi connectivity index (χ0) is 25.6. The molecule has 1 unspecified atom stereocenters. The summed E-state index contributed by atoms with van der Waals surface area (Å²) in [5.74, 6) is -0.410. The Bertz CT molecular complexity index is 1410. The van der Waals surface area contributed by atoms with E-state index in [4.69, 9.17) is 9.84 Å². The average molecular weight is 495 g/mol. The first-order chi connectivity index (χ1) is 18.1. The van der Waals surface area contributed by atoms with Crippen LogP contribution in [0, 0.1) is 5.82 Å². The first kappa shape index (κ1) is 23.9. The van der Waals surface area contributed by atoms with Crippen molar-refractivity contribution in [1.82, 2.24) is 9.99 Å². The fourth-order valence-corrected chi connectivity index (χ4v) is 4.06. The van der Waals surface area contributed by atoms with Gasteiger partial charge >= 0.3 is 0 Å². The fraction of sp³-hybridized carbons (Fsp3) is 0.103. The van der Waals surface area contributed by atoms with E-state index in [1.54, 1.807) is 36.7 Å². The van der Waals surface area contributed by atoms with Crippen molar-refractivity contribution in [2.75, 3.05) is 11.9 Å². The Morgan fingerprint density at radius 1 is 0.919 bits per heavy atom. The summed E-state index contributed by atoms with van der Waals surface area (Å²) in [6, 6.07) is 25.7. The molecule has 2 heterocycles. The van der Waals surface area contributed by atoms with Gasteiger partial charge in [0.1, 0.15) is 11.6 Å². The predicted octanol–water partition coefficient (Wildman–Crippen LogP) is 5.23. The molecule has 7 nitrogen and oxygen atoms in total. The molecule has 1 aromatic heterocycles. The lowest BCUT2D eigenvalue weighted by Gasteiger charge is -2.22. The third-order valence-electron chi connectivity index (χ3n) is 5.92. The SMILES string of the molecule is O=C(COc1ccc(C2=NN(C(=O)c3ccncc3)C(c3ccccc3)C2)cc1)Nc1ccc(F)cc1. The Balaban J connectivity index is 1.28. The molecule has 0 spiro atoms. The van der Waals surface area contributed by atoms with Gasteiger partial charge < -0.3 is 10.1 Å². The van der Waals surface area contributed by atoms with Gasteiger partial charge in [0.2, 0.25) is 0 Å². The molecule has 0 bridgehead atoms. The number of pyridine rings is 1. The van der Waals surface area contributed by atoms with Crippen LogP contribution in [0.15, 0.2) is 108 Å². The van der Waals surface area contributed by atoms with Gasteiger partial charge in [-0.05, 0) is 71.8 Å². The molecule has 2 amide bonds. The van der Waals surface area contributed by atoms with Gasteiger partial charge in [0.05, 0.1) is 11.8 Å². The van der Waals surface area contributed by atoms with E-state index in [9.17, 15) is 14.0 Å². The van der Waals surface area contributed by atoms with E-state index in [1.165, 1.54) is 29.3 Å². The smallest absolute Gasteiger partial charge is 0.274 e. The standard InChI is InChI=1S/C29H23FN4O3/c30-23-8-10-24(11-9-23)32-28(35)19-37-25-12-6-20(7-13-25)26-18-27(21-4-2-1-3-5-21)34(33-26)29(36)22-14-16-31-17-15-22/h1-17,27H,18-19H2,(H,32,35). The number of aromatic nitrogens is 1. The lowest BCUT2D eigenvalue weighted by Crippen LogP contribution is -2.27. The van der Waals surface area contributed by atoms with Crippen LogP contribution in [0.1, 0.15) is 33.9 Å². The van der Waals surface area contributed by atoms with Gasteiger partial charge in [-0.25, -0.2) is 9.40 Å². The number of carbonyl (C=O) groups excluding carboxylic acids is 2. The van der Waals surface area contributed by atoms with Crippen molar-refractivity contribution in [3.8, 4) is 5.75 Å². The van der Waals surface area contributed by atoms with E-state index in [0.717, 1.165) is 16.8 Å². The molecule has 0 saturated heterocycles. The van der Waals surface area contributed by atoms with Gasteiger partial charge in [-0.3, -0.25) is 14.6 Å². The number of rotatable bonds is 7. The number of benzene rings is 3. The lowest BCUT2D eigenvalue weighted by molar-refractivity contribution is -0.118. The van der Waals surface area contributed by atoms with Crippen molar-refractivity contribution in [2.24, 2.45) is 5.10 Å². The molecule has 8 heteroatoms. The summed E-state index contributed by atoms with van der Waals surface area (Å²) in [7, 11) is 0. The molecule has 1 aliphatic rings. The average Bonchev–Trinajstić information content (AvgIpc) is 3.40. The van der Waals surface area contributed by atoms with Gasteiger partial charge in [-0.1, -0.05) is 30.3 Å². The van der Waals surface area contributed by atoms with Gasteiger partial charge in [-0.15, -0.1) is 0 Å². The number of hydrazone groups is 1. The minimum absolute atomic E-state index is 0.192. The number of anilines is 1. The summed E-state index contributed by atoms with van der Waals surface area (Å²) in [5.41, 5.74) is 3.63. The number of hydrogen-bond acceptors (Lipinski definition) is 5. The van der Waals surface area contributed by atoms with Crippen LogP contribution >= 0.6 is 0 Å². The quantitative estimate of drug-likeness (QED) is 0.381. The third kappa shape index (κ3) is 5.70. The normalized spacial score (nSPS) is 14.7. The zero-order valence-electron chi connectivity index (χ0n) is 19.8. The van der Waals surface area contributed by atoms with E-state index < -0.39 is 0 Å². The van der Waals surface area contributed by atoms with Gasteiger partial charge in [0, 0.05) is 30.1 Å². The van der Waals surface area contributed by atoms with E-state index in [1.807, 2.05) is 42.5 Å². The van der Waals surface area contributed by atoms with Crippen LogP contribution in [0.3, 0.4) is 0 Å². The van der Waals surface area contributed by atoms with Crippen molar-refractivity contribution in [1.29, 1.82) is 0 Å². The van der Waals surface area contributed by atoms with E-state index in [2.05, 4.69) is 10.3 Å². The molecule has 0 fully saturated rings. The van der Waals surface area contributed by atoms with Crippen LogP contribution in [0.25, 0.3) is 0 Å². The second-order valence-electron chi connectivity index (χ2n) is 8.43. The molecule has 1 aliphatic heterocycles. The molecule has 4 aromatic rings. The number of nitrogens with one attached hydrogen (secondary N) is 1. The second kappa shape index (κ2) is 10.8. The Hall–Kier alpha value is -4.85. The molecule has 1 N–H and O–H groups in total. The van der Waals surface area contributed by atoms with Gasteiger partial charge in [0.15, 0.2) is 6.61 Å². The molecule has 5 rings (SSSR count). The maximum absolute atomic E-state index is 13.3. The summed E-state index contributed by atoms with van der Waals surface area (Å²) in [5, 5.41) is 8.88. The second-order valence-corrected chi connectivity index (χ2v) is 8.43. The molecule has 0 aliphatic carbocycles. The largest absolute Gasteiger partial charge is 0.484 e. The highest BCUT2D eigenvalue weighted by atomic mass is 19.1. The molecule has 0 radical (unpaired) electrons. The number of amides is 2. The Morgan fingerprint density at radius 2 is 1.62 bits per heavy atom. The summed E-state index contributed by atoms with van der Waals surface area (Å²) >= 11 is 0. The Kier molecular flexibility index (Phi) is 6.98. The zero-order valence-corrected chi connectivity index (χ0v) is 19.8. The lowest BCUT2D eigenvalue weighted by atomic mass is 9.98. The maximum atomic E-state index is 13.3. The number of carbonyl (C=O) groups is 2. The monoisotopic (exact) mass is 494 g/mol. The van der Waals surface area contributed by atoms with Crippen LogP contribution in [0.2, 0.25) is 0 Å². The molecule has 1 atom stereocenters. The van der Waals surface area contributed by atoms with Crippen LogP contribution < -0.4 is 10.1 Å². The molecule has 184 valence electrons. The van der Waals surface area contributed by atoms with Gasteiger partial charge in [-0.2, -0.15) is 5.10 Å². The minimum atomic E-state index is -0.374. The van der Waals surface area contributed by atoms with E-state index in [0.29, 0.717) is 23.4 Å². The Morgan fingerprint density at radius 3 is 2.32 bits per heavy atom. The summed E-state index contributed by atoms with van der Waals surface area (Å²) in [6.07, 6.45) is 3.73. The molecule has 3 aromatic carbocycles. The molecular formula is C29H23FN4O3. The molecule has 37 heavy (non-hydrogen) atoms. The van der Waals surface area contributed by atoms with Crippen LogP contribution in [-0.2, 0) is 4.79 Å². The van der Waals surface area contributed by atoms with Crippen molar-refractivity contribution in [2.45, 2.75) is 12.5 Å². The Labute approximate surface area is 213 Å². The first-order valence-electron chi connectivity index (χ1n) is 11.7. The van der Waals surface area contributed by atoms with Crippen LogP contribution in [-0.4, -0.2) is 34.1 Å². The van der Waals surface area contributed by atoms with Crippen molar-refractivity contribution >= 4 is 23.2 Å². The minimum Gasteiger partial charge on any atom is -0.484 e. The summed E-state index contributed by atoms with van der Waals surface area (Å²) in [6.45, 7) is -0.192. The highest BCUT2D eigenvalue weighted by molar-refractivity contribution is 6.05. The highest BCUT2D eigenvalue weighted by Gasteiger charge is 2.33. The number of ether oxygens (including phenoxy) is 1.